The number of aromatic nitrogens is 2. The van der Waals surface area contributed by atoms with E-state index in [-0.39, 0.29) is 43.6 Å². The highest BCUT2D eigenvalue weighted by Crippen LogP contribution is 2.28. The van der Waals surface area contributed by atoms with Gasteiger partial charge in [-0.25, -0.2) is 4.68 Å². The van der Waals surface area contributed by atoms with Crippen LogP contribution in [0.5, 0.6) is 11.6 Å². The van der Waals surface area contributed by atoms with E-state index in [1.165, 1.54) is 0 Å². The monoisotopic (exact) mass is 489 g/mol. The van der Waals surface area contributed by atoms with Gasteiger partial charge in [0.25, 0.3) is 5.91 Å². The fraction of sp³-hybridized carbons (Fsp3) is 0.524. The van der Waals surface area contributed by atoms with Crippen LogP contribution in [0, 0.1) is 0 Å². The molecule has 1 unspecified atom stereocenters. The van der Waals surface area contributed by atoms with Crippen molar-refractivity contribution in [3.63, 3.8) is 0 Å². The molecule has 0 radical (unpaired) electrons. The molecule has 2 aliphatic heterocycles. The van der Waals surface area contributed by atoms with Crippen molar-refractivity contribution in [2.24, 2.45) is 0 Å². The Bertz CT molecular complexity index is 985. The number of fused-ring (bicyclic) bond motifs is 2. The second-order valence-corrected chi connectivity index (χ2v) is 8.24. The average Bonchev–Trinajstić information content (AvgIpc) is 3.19. The molecule has 0 saturated heterocycles. The van der Waals surface area contributed by atoms with Gasteiger partial charge in [-0.05, 0) is 30.2 Å². The van der Waals surface area contributed by atoms with Gasteiger partial charge in [0.1, 0.15) is 25.1 Å². The summed E-state index contributed by atoms with van der Waals surface area (Å²) in [5, 5.41) is 7.83. The van der Waals surface area contributed by atoms with Gasteiger partial charge in [-0.2, -0.15) is 18.3 Å². The molecule has 12 heteroatoms. The second kappa shape index (κ2) is 10.2. The lowest BCUT2D eigenvalue weighted by atomic mass is 10.0. The van der Waals surface area contributed by atoms with Gasteiger partial charge in [0.05, 0.1) is 25.9 Å². The fourth-order valence-corrected chi connectivity index (χ4v) is 3.81. The lowest BCUT2D eigenvalue weighted by molar-refractivity contribution is -0.177. The first kappa shape index (κ1) is 23.7. The molecule has 180 valence electrons. The number of benzene rings is 1. The number of ether oxygens (including phenoxy) is 4. The summed E-state index contributed by atoms with van der Waals surface area (Å²) in [5.41, 5.74) is 1.15. The van der Waals surface area contributed by atoms with E-state index >= 15 is 0 Å². The van der Waals surface area contributed by atoms with Crippen molar-refractivity contribution in [3.05, 3.63) is 40.5 Å². The Morgan fingerprint density at radius 3 is 2.91 bits per heavy atom. The van der Waals surface area contributed by atoms with Gasteiger partial charge in [-0.15, -0.1) is 0 Å². The van der Waals surface area contributed by atoms with Crippen LogP contribution in [0.3, 0.4) is 0 Å². The number of rotatable bonds is 8. The van der Waals surface area contributed by atoms with Crippen LogP contribution in [0.15, 0.2) is 24.3 Å². The van der Waals surface area contributed by atoms with Gasteiger partial charge in [-0.1, -0.05) is 11.6 Å². The molecule has 3 heterocycles. The predicted molar refractivity (Wildman–Crippen MR) is 111 cm³/mol. The highest BCUT2D eigenvalue weighted by atomic mass is 35.5. The number of aryl methyl sites for hydroxylation is 1. The number of hydrogen-bond donors (Lipinski definition) is 1. The number of halogens is 4. The first-order chi connectivity index (χ1) is 15.8. The van der Waals surface area contributed by atoms with Gasteiger partial charge in [0.15, 0.2) is 5.69 Å². The lowest BCUT2D eigenvalue weighted by Gasteiger charge is -2.26. The normalized spacial score (nSPS) is 19.8. The van der Waals surface area contributed by atoms with Gasteiger partial charge < -0.3 is 24.3 Å². The minimum Gasteiger partial charge on any atom is -0.491 e. The zero-order valence-corrected chi connectivity index (χ0v) is 18.3. The van der Waals surface area contributed by atoms with E-state index < -0.39 is 12.8 Å². The third-order valence-electron chi connectivity index (χ3n) is 5.13. The molecule has 2 atom stereocenters. The maximum atomic E-state index is 12.7. The van der Waals surface area contributed by atoms with Gasteiger partial charge in [0.2, 0.25) is 5.88 Å². The number of alkyl halides is 3. The van der Waals surface area contributed by atoms with Crippen molar-refractivity contribution in [3.8, 4) is 11.6 Å². The molecular formula is C21H23ClF3N3O5. The predicted octanol–water partition coefficient (Wildman–Crippen LogP) is 3.02. The Labute approximate surface area is 192 Å². The molecule has 0 fully saturated rings. The summed E-state index contributed by atoms with van der Waals surface area (Å²) in [6.07, 6.45) is -3.46. The zero-order chi connectivity index (χ0) is 23.4. The van der Waals surface area contributed by atoms with E-state index in [2.05, 4.69) is 15.2 Å². The average molecular weight is 490 g/mol. The number of carbonyl (C=O) groups excluding carboxylic acids is 1. The van der Waals surface area contributed by atoms with Crippen LogP contribution in [0.25, 0.3) is 0 Å². The molecule has 0 saturated carbocycles. The first-order valence-electron chi connectivity index (χ1n) is 10.5. The SMILES string of the molecule is O=C(N[C@H]1COc2ccc(Cl)cc2C1)c1cc2n(n1)CCC(COCCOCC(F)(F)F)O2. The number of carbonyl (C=O) groups is 1. The molecule has 2 aliphatic rings. The summed E-state index contributed by atoms with van der Waals surface area (Å²) in [7, 11) is 0. The molecule has 2 aromatic rings. The van der Waals surface area contributed by atoms with Gasteiger partial charge in [0, 0.05) is 24.1 Å². The molecule has 1 aromatic carbocycles. The maximum Gasteiger partial charge on any atom is 0.411 e. The summed E-state index contributed by atoms with van der Waals surface area (Å²) in [6, 6.07) is 6.73. The Kier molecular flexibility index (Phi) is 7.30. The van der Waals surface area contributed by atoms with Crippen molar-refractivity contribution in [1.82, 2.24) is 15.1 Å². The third kappa shape index (κ3) is 6.52. The number of nitrogens with zero attached hydrogens (tertiary/aromatic N) is 2. The number of amides is 1. The summed E-state index contributed by atoms with van der Waals surface area (Å²) in [5.74, 6) is 0.857. The van der Waals surface area contributed by atoms with Crippen LogP contribution < -0.4 is 14.8 Å². The van der Waals surface area contributed by atoms with Crippen molar-refractivity contribution < 1.29 is 36.9 Å². The van der Waals surface area contributed by atoms with Crippen LogP contribution in [-0.2, 0) is 22.4 Å². The molecule has 4 rings (SSSR count). The molecule has 0 bridgehead atoms. The van der Waals surface area contributed by atoms with E-state index in [0.29, 0.717) is 36.9 Å². The Morgan fingerprint density at radius 1 is 1.27 bits per heavy atom. The summed E-state index contributed by atoms with van der Waals surface area (Å²) in [6.45, 7) is -0.357. The van der Waals surface area contributed by atoms with Crippen molar-refractivity contribution in [1.29, 1.82) is 0 Å². The van der Waals surface area contributed by atoms with E-state index in [1.807, 2.05) is 12.1 Å². The second-order valence-electron chi connectivity index (χ2n) is 7.80. The Hall–Kier alpha value is -2.50. The lowest BCUT2D eigenvalue weighted by Crippen LogP contribution is -2.42. The van der Waals surface area contributed by atoms with Crippen LogP contribution in [0.1, 0.15) is 22.5 Å². The molecule has 33 heavy (non-hydrogen) atoms. The molecule has 8 nitrogen and oxygen atoms in total. The Morgan fingerprint density at radius 2 is 2.09 bits per heavy atom. The van der Waals surface area contributed by atoms with Gasteiger partial charge >= 0.3 is 6.18 Å². The molecular weight excluding hydrogens is 467 g/mol. The van der Waals surface area contributed by atoms with Crippen LogP contribution in [0.2, 0.25) is 5.02 Å². The fourth-order valence-electron chi connectivity index (χ4n) is 3.61. The molecule has 0 spiro atoms. The van der Waals surface area contributed by atoms with Crippen LogP contribution in [-0.4, -0.2) is 67.0 Å². The van der Waals surface area contributed by atoms with E-state index in [1.54, 1.807) is 16.8 Å². The highest BCUT2D eigenvalue weighted by Gasteiger charge is 2.28. The zero-order valence-electron chi connectivity index (χ0n) is 17.6. The van der Waals surface area contributed by atoms with E-state index in [4.69, 9.17) is 25.8 Å². The van der Waals surface area contributed by atoms with Crippen molar-refractivity contribution >= 4 is 17.5 Å². The molecule has 0 aliphatic carbocycles. The smallest absolute Gasteiger partial charge is 0.411 e. The summed E-state index contributed by atoms with van der Waals surface area (Å²) < 4.78 is 59.0. The topological polar surface area (TPSA) is 83.8 Å². The number of hydrogen-bond acceptors (Lipinski definition) is 6. The van der Waals surface area contributed by atoms with Crippen LogP contribution >= 0.6 is 11.6 Å². The molecule has 1 aromatic heterocycles. The standard InChI is InChI=1S/C21H23ClF3N3O5/c22-14-1-2-18-13(7-14)8-15(10-32-18)26-20(29)17-9-19-28(27-17)4-3-16(33-19)11-30-5-6-31-12-21(23,24)25/h1-2,7,9,15-16H,3-6,8,10-12H2,(H,26,29)/t15-,16?/m1/s1. The quantitative estimate of drug-likeness (QED) is 0.574. The third-order valence-corrected chi connectivity index (χ3v) is 5.37. The largest absolute Gasteiger partial charge is 0.491 e. The minimum absolute atomic E-state index is 0.0284. The summed E-state index contributed by atoms with van der Waals surface area (Å²) >= 11 is 6.04. The van der Waals surface area contributed by atoms with E-state index in [9.17, 15) is 18.0 Å². The maximum absolute atomic E-state index is 12.7. The van der Waals surface area contributed by atoms with Crippen molar-refractivity contribution in [2.75, 3.05) is 33.0 Å². The summed E-state index contributed by atoms with van der Waals surface area (Å²) in [4.78, 5) is 12.7. The first-order valence-corrected chi connectivity index (χ1v) is 10.8. The Balaban J connectivity index is 1.23. The molecule has 1 amide bonds. The number of nitrogens with one attached hydrogen (secondary N) is 1. The minimum atomic E-state index is -4.35. The van der Waals surface area contributed by atoms with Crippen LogP contribution in [0.4, 0.5) is 13.2 Å². The molecule has 1 N–H and O–H groups in total. The highest BCUT2D eigenvalue weighted by molar-refractivity contribution is 6.30. The van der Waals surface area contributed by atoms with Gasteiger partial charge in [-0.3, -0.25) is 4.79 Å². The van der Waals surface area contributed by atoms with E-state index in [0.717, 1.165) is 11.3 Å². The van der Waals surface area contributed by atoms with Crippen molar-refractivity contribution in [2.45, 2.75) is 37.7 Å².